The first-order chi connectivity index (χ1) is 11.8. The van der Waals surface area contributed by atoms with Crippen molar-refractivity contribution in [1.29, 1.82) is 0 Å². The third-order valence-electron chi connectivity index (χ3n) is 6.29. The van der Waals surface area contributed by atoms with Crippen LogP contribution in [-0.2, 0) is 20.9 Å². The van der Waals surface area contributed by atoms with Gasteiger partial charge in [-0.05, 0) is 44.6 Å². The second kappa shape index (κ2) is 6.41. The van der Waals surface area contributed by atoms with Gasteiger partial charge in [0, 0.05) is 6.42 Å². The van der Waals surface area contributed by atoms with E-state index in [1.54, 1.807) is 6.92 Å². The molecule has 0 unspecified atom stereocenters. The van der Waals surface area contributed by atoms with Crippen molar-refractivity contribution in [2.45, 2.75) is 51.7 Å². The average Bonchev–Trinajstić information content (AvgIpc) is 2.83. The van der Waals surface area contributed by atoms with Gasteiger partial charge in [-0.1, -0.05) is 42.5 Å². The molecule has 4 heteroatoms. The van der Waals surface area contributed by atoms with Crippen LogP contribution in [0.25, 0.3) is 0 Å². The molecule has 2 fully saturated rings. The molecule has 0 heterocycles. The summed E-state index contributed by atoms with van der Waals surface area (Å²) in [5.74, 6) is -1.28. The Kier molecular flexibility index (Phi) is 4.58. The van der Waals surface area contributed by atoms with Crippen LogP contribution in [0, 0.1) is 17.3 Å². The molecule has 2 aliphatic rings. The maximum atomic E-state index is 12.9. The Morgan fingerprint density at radius 2 is 2.00 bits per heavy atom. The second-order valence-corrected chi connectivity index (χ2v) is 7.74. The quantitative estimate of drug-likeness (QED) is 0.672. The van der Waals surface area contributed by atoms with E-state index in [0.717, 1.165) is 11.1 Å². The maximum absolute atomic E-state index is 12.9. The predicted molar refractivity (Wildman–Crippen MR) is 94.6 cm³/mol. The first kappa shape index (κ1) is 17.9. The Bertz CT molecular complexity index is 695. The average molecular weight is 342 g/mol. The van der Waals surface area contributed by atoms with E-state index >= 15 is 0 Å². The van der Waals surface area contributed by atoms with E-state index < -0.39 is 22.9 Å². The Balaban J connectivity index is 1.87. The number of rotatable bonds is 4. The van der Waals surface area contributed by atoms with Gasteiger partial charge < -0.3 is 9.84 Å². The van der Waals surface area contributed by atoms with Gasteiger partial charge in [-0.15, -0.1) is 0 Å². The highest BCUT2D eigenvalue weighted by molar-refractivity contribution is 5.91. The summed E-state index contributed by atoms with van der Waals surface area (Å²) in [7, 11) is 0. The van der Waals surface area contributed by atoms with E-state index in [9.17, 15) is 14.7 Å². The van der Waals surface area contributed by atoms with Crippen LogP contribution in [-0.4, -0.2) is 22.5 Å². The lowest BCUT2D eigenvalue weighted by Gasteiger charge is -2.50. The third-order valence-corrected chi connectivity index (χ3v) is 6.29. The van der Waals surface area contributed by atoms with Crippen molar-refractivity contribution in [2.75, 3.05) is 0 Å². The van der Waals surface area contributed by atoms with Crippen LogP contribution < -0.4 is 0 Å². The number of benzene rings is 1. The van der Waals surface area contributed by atoms with E-state index in [1.807, 2.05) is 37.3 Å². The van der Waals surface area contributed by atoms with Crippen molar-refractivity contribution in [1.82, 2.24) is 0 Å². The minimum absolute atomic E-state index is 0.0519. The van der Waals surface area contributed by atoms with Crippen LogP contribution in [0.4, 0.5) is 0 Å². The van der Waals surface area contributed by atoms with Crippen molar-refractivity contribution in [3.8, 4) is 0 Å². The number of hydrogen-bond acceptors (Lipinski definition) is 4. The molecule has 0 radical (unpaired) electrons. The minimum atomic E-state index is -1.35. The molecule has 134 valence electrons. The van der Waals surface area contributed by atoms with Gasteiger partial charge in [-0.2, -0.15) is 0 Å². The van der Waals surface area contributed by atoms with E-state index in [2.05, 4.69) is 6.58 Å². The fourth-order valence-electron chi connectivity index (χ4n) is 4.60. The highest BCUT2D eigenvalue weighted by Crippen LogP contribution is 2.58. The number of fused-ring (bicyclic) bond motifs is 1. The van der Waals surface area contributed by atoms with E-state index in [-0.39, 0.29) is 18.3 Å². The lowest BCUT2D eigenvalue weighted by molar-refractivity contribution is -0.185. The summed E-state index contributed by atoms with van der Waals surface area (Å²) in [6.07, 6.45) is 1.89. The van der Waals surface area contributed by atoms with Crippen LogP contribution in [0.15, 0.2) is 42.5 Å². The molecule has 0 saturated heterocycles. The molecule has 0 amide bonds. The summed E-state index contributed by atoms with van der Waals surface area (Å²) >= 11 is 0. The topological polar surface area (TPSA) is 63.6 Å². The number of Topliss-reactive ketones (excluding diaryl/α,β-unsaturated/α-hetero) is 1. The molecular weight excluding hydrogens is 316 g/mol. The summed E-state index contributed by atoms with van der Waals surface area (Å²) < 4.78 is 5.55. The number of allylic oxidation sites excluding steroid dienone is 1. The van der Waals surface area contributed by atoms with E-state index in [4.69, 9.17) is 4.74 Å². The summed E-state index contributed by atoms with van der Waals surface area (Å²) in [4.78, 5) is 25.4. The van der Waals surface area contributed by atoms with Gasteiger partial charge in [0.15, 0.2) is 0 Å². The summed E-state index contributed by atoms with van der Waals surface area (Å²) in [5.41, 5.74) is -0.456. The normalized spacial score (nSPS) is 34.4. The first-order valence-corrected chi connectivity index (χ1v) is 8.91. The largest absolute Gasteiger partial charge is 0.461 e. The van der Waals surface area contributed by atoms with Crippen LogP contribution in [0.1, 0.15) is 45.1 Å². The molecule has 1 N–H and O–H groups in total. The fourth-order valence-corrected chi connectivity index (χ4v) is 4.60. The van der Waals surface area contributed by atoms with Gasteiger partial charge in [0.1, 0.15) is 12.4 Å². The molecule has 0 bridgehead atoms. The Hall–Kier alpha value is -1.94. The van der Waals surface area contributed by atoms with Gasteiger partial charge in [0.2, 0.25) is 0 Å². The molecule has 3 rings (SSSR count). The Morgan fingerprint density at radius 1 is 1.32 bits per heavy atom. The lowest BCUT2D eigenvalue weighted by Crippen LogP contribution is -2.59. The molecule has 4 atom stereocenters. The van der Waals surface area contributed by atoms with Gasteiger partial charge >= 0.3 is 5.97 Å². The summed E-state index contributed by atoms with van der Waals surface area (Å²) in [6, 6.07) is 9.47. The van der Waals surface area contributed by atoms with Crippen molar-refractivity contribution in [3.63, 3.8) is 0 Å². The van der Waals surface area contributed by atoms with E-state index in [1.165, 1.54) is 0 Å². The van der Waals surface area contributed by atoms with Crippen LogP contribution in [0.3, 0.4) is 0 Å². The number of aliphatic hydroxyl groups is 1. The molecule has 0 aliphatic heterocycles. The second-order valence-electron chi connectivity index (χ2n) is 7.74. The van der Waals surface area contributed by atoms with Crippen LogP contribution in [0.5, 0.6) is 0 Å². The zero-order valence-corrected chi connectivity index (χ0v) is 15.0. The number of carbonyl (C=O) groups is 2. The summed E-state index contributed by atoms with van der Waals surface area (Å²) in [6.45, 7) is 7.86. The number of esters is 1. The maximum Gasteiger partial charge on any atom is 0.312 e. The van der Waals surface area contributed by atoms with Crippen LogP contribution in [0.2, 0.25) is 0 Å². The monoisotopic (exact) mass is 342 g/mol. The van der Waals surface area contributed by atoms with Gasteiger partial charge in [-0.25, -0.2) is 0 Å². The molecule has 2 saturated carbocycles. The number of ketones is 1. The van der Waals surface area contributed by atoms with Crippen molar-refractivity contribution in [3.05, 3.63) is 48.0 Å². The molecule has 1 aromatic rings. The molecule has 0 aromatic heterocycles. The number of ether oxygens (including phenoxy) is 1. The fraction of sp³-hybridized carbons (Fsp3) is 0.524. The highest BCUT2D eigenvalue weighted by Gasteiger charge is 2.66. The smallest absolute Gasteiger partial charge is 0.312 e. The first-order valence-electron chi connectivity index (χ1n) is 8.91. The number of carbonyl (C=O) groups excluding carboxylic acids is 2. The van der Waals surface area contributed by atoms with Crippen LogP contribution >= 0.6 is 0 Å². The molecule has 2 aliphatic carbocycles. The Morgan fingerprint density at radius 3 is 2.64 bits per heavy atom. The van der Waals surface area contributed by atoms with Crippen molar-refractivity contribution >= 4 is 11.8 Å². The molecular formula is C21H26O4. The van der Waals surface area contributed by atoms with Crippen molar-refractivity contribution < 1.29 is 19.4 Å². The van der Waals surface area contributed by atoms with E-state index in [0.29, 0.717) is 25.7 Å². The molecule has 0 spiro atoms. The Labute approximate surface area is 148 Å². The minimum Gasteiger partial charge on any atom is -0.461 e. The standard InChI is InChI=1S/C21H26O4/c1-14(2)16-9-11-20(3)17(22)10-12-21(20,24)18(16)19(23)25-13-15-7-5-4-6-8-15/h4-8,16,18,24H,1,9-13H2,2-3H3/t16-,18+,20-,21+/m0/s1. The van der Waals surface area contributed by atoms with Gasteiger partial charge in [0.25, 0.3) is 0 Å². The molecule has 25 heavy (non-hydrogen) atoms. The van der Waals surface area contributed by atoms with Gasteiger partial charge in [0.05, 0.1) is 16.9 Å². The number of hydrogen-bond donors (Lipinski definition) is 1. The van der Waals surface area contributed by atoms with Gasteiger partial charge in [-0.3, -0.25) is 9.59 Å². The predicted octanol–water partition coefficient (Wildman–Crippen LogP) is 3.43. The zero-order valence-electron chi connectivity index (χ0n) is 15.0. The SMILES string of the molecule is C=C(C)[C@@H]1CC[C@@]2(C)C(=O)CC[C@@]2(O)[C@H]1C(=O)OCc1ccccc1. The highest BCUT2D eigenvalue weighted by atomic mass is 16.5. The third kappa shape index (κ3) is 2.82. The summed E-state index contributed by atoms with van der Waals surface area (Å²) in [5, 5.41) is 11.4. The van der Waals surface area contributed by atoms with Crippen molar-refractivity contribution in [2.24, 2.45) is 17.3 Å². The lowest BCUT2D eigenvalue weighted by atomic mass is 9.56. The molecule has 4 nitrogen and oxygen atoms in total. The zero-order chi connectivity index (χ0) is 18.2. The molecule has 1 aromatic carbocycles.